The van der Waals surface area contributed by atoms with Gasteiger partial charge >= 0.3 is 0 Å². The van der Waals surface area contributed by atoms with E-state index in [1.54, 1.807) is 0 Å². The Morgan fingerprint density at radius 1 is 1.23 bits per heavy atom. The van der Waals surface area contributed by atoms with Crippen molar-refractivity contribution < 1.29 is 14.5 Å². The van der Waals surface area contributed by atoms with Gasteiger partial charge in [0, 0.05) is 11.6 Å². The van der Waals surface area contributed by atoms with Crippen LogP contribution < -0.4 is 15.4 Å². The molecule has 1 aromatic rings. The summed E-state index contributed by atoms with van der Waals surface area (Å²) in [6.07, 6.45) is 7.67. The molecular formula is C19H25N3O4. The van der Waals surface area contributed by atoms with Crippen molar-refractivity contribution in [3.05, 3.63) is 28.3 Å². The lowest BCUT2D eigenvalue weighted by molar-refractivity contribution is -0.384. The molecule has 0 spiro atoms. The van der Waals surface area contributed by atoms with E-state index in [1.807, 2.05) is 0 Å². The summed E-state index contributed by atoms with van der Waals surface area (Å²) in [7, 11) is 1.43. The van der Waals surface area contributed by atoms with Gasteiger partial charge in [0.05, 0.1) is 30.3 Å². The van der Waals surface area contributed by atoms with Gasteiger partial charge in [-0.25, -0.2) is 0 Å². The van der Waals surface area contributed by atoms with Gasteiger partial charge in [0.2, 0.25) is 5.91 Å². The minimum atomic E-state index is -0.483. The molecule has 4 saturated carbocycles. The summed E-state index contributed by atoms with van der Waals surface area (Å²) in [5.41, 5.74) is 0.521. The molecule has 26 heavy (non-hydrogen) atoms. The van der Waals surface area contributed by atoms with Crippen LogP contribution in [-0.2, 0) is 4.79 Å². The second-order valence-corrected chi connectivity index (χ2v) is 8.24. The smallest absolute Gasteiger partial charge is 0.273 e. The molecule has 1 amide bonds. The molecule has 7 nitrogen and oxygen atoms in total. The highest BCUT2D eigenvalue weighted by molar-refractivity contribution is 5.94. The maximum absolute atomic E-state index is 12.4. The zero-order valence-corrected chi connectivity index (χ0v) is 15.0. The number of hydrogen-bond acceptors (Lipinski definition) is 5. The molecule has 7 heteroatoms. The number of nitro benzene ring substituents is 1. The van der Waals surface area contributed by atoms with Crippen LogP contribution in [0, 0.1) is 27.9 Å². The van der Waals surface area contributed by atoms with Gasteiger partial charge in [-0.1, -0.05) is 0 Å². The van der Waals surface area contributed by atoms with Gasteiger partial charge < -0.3 is 15.4 Å². The molecule has 5 rings (SSSR count). The highest BCUT2D eigenvalue weighted by Crippen LogP contribution is 2.55. The summed E-state index contributed by atoms with van der Waals surface area (Å²) in [5.74, 6) is 2.62. The first-order chi connectivity index (χ1) is 12.5. The number of hydrogen-bond donors (Lipinski definition) is 2. The highest BCUT2D eigenvalue weighted by Gasteiger charge is 2.50. The van der Waals surface area contributed by atoms with Crippen molar-refractivity contribution in [3.63, 3.8) is 0 Å². The van der Waals surface area contributed by atoms with Crippen molar-refractivity contribution in [1.29, 1.82) is 0 Å². The third-order valence-electron chi connectivity index (χ3n) is 6.33. The van der Waals surface area contributed by atoms with E-state index >= 15 is 0 Å². The molecular weight excluding hydrogens is 334 g/mol. The third-order valence-corrected chi connectivity index (χ3v) is 6.33. The van der Waals surface area contributed by atoms with Crippen molar-refractivity contribution >= 4 is 17.3 Å². The molecule has 4 aliphatic rings. The maximum atomic E-state index is 12.4. The topological polar surface area (TPSA) is 93.5 Å². The largest absolute Gasteiger partial charge is 0.494 e. The lowest BCUT2D eigenvalue weighted by atomic mass is 9.53. The number of nitro groups is 1. The molecule has 1 aromatic carbocycles. The van der Waals surface area contributed by atoms with Gasteiger partial charge in [0.1, 0.15) is 5.75 Å². The van der Waals surface area contributed by atoms with Crippen LogP contribution in [0.2, 0.25) is 0 Å². The zero-order chi connectivity index (χ0) is 18.3. The van der Waals surface area contributed by atoms with E-state index in [-0.39, 0.29) is 23.7 Å². The Hall–Kier alpha value is -2.15. The molecule has 0 unspecified atom stereocenters. The molecule has 0 atom stereocenters. The Morgan fingerprint density at radius 2 is 1.85 bits per heavy atom. The summed E-state index contributed by atoms with van der Waals surface area (Å²) in [6, 6.07) is 4.20. The van der Waals surface area contributed by atoms with E-state index in [0.717, 1.165) is 17.8 Å². The standard InChI is InChI=1S/C19H25N3O4/c1-26-17-7-15(22(24)25)2-3-16(17)21-18(23)11-20-19-8-12-4-13(9-19)6-14(5-12)10-19/h2-3,7,12-14,20H,4-6,8-11H2,1H3,(H,21,23). The number of carbonyl (C=O) groups excluding carboxylic acids is 1. The van der Waals surface area contributed by atoms with Gasteiger partial charge in [-0.2, -0.15) is 0 Å². The van der Waals surface area contributed by atoms with Crippen molar-refractivity contribution in [2.75, 3.05) is 19.0 Å². The van der Waals surface area contributed by atoms with E-state index in [0.29, 0.717) is 11.4 Å². The van der Waals surface area contributed by atoms with Gasteiger partial charge in [0.25, 0.3) is 5.69 Å². The average Bonchev–Trinajstić information content (AvgIpc) is 2.59. The summed E-state index contributed by atoms with van der Waals surface area (Å²) in [6.45, 7) is 0.256. The summed E-state index contributed by atoms with van der Waals surface area (Å²) < 4.78 is 5.18. The van der Waals surface area contributed by atoms with Crippen LogP contribution in [0.4, 0.5) is 11.4 Å². The minimum Gasteiger partial charge on any atom is -0.494 e. The maximum Gasteiger partial charge on any atom is 0.273 e. The first-order valence-corrected chi connectivity index (χ1v) is 9.34. The lowest BCUT2D eigenvalue weighted by Gasteiger charge is -2.57. The summed E-state index contributed by atoms with van der Waals surface area (Å²) in [5, 5.41) is 17.2. The number of nitrogens with zero attached hydrogens (tertiary/aromatic N) is 1. The number of amides is 1. The lowest BCUT2D eigenvalue weighted by Crippen LogP contribution is -2.59. The van der Waals surface area contributed by atoms with Gasteiger partial charge in [-0.05, 0) is 62.3 Å². The Labute approximate surface area is 152 Å². The fourth-order valence-electron chi connectivity index (χ4n) is 5.69. The van der Waals surface area contributed by atoms with E-state index in [2.05, 4.69) is 10.6 Å². The second kappa shape index (κ2) is 6.54. The normalized spacial score (nSPS) is 31.7. The first kappa shape index (κ1) is 17.3. The number of carbonyl (C=O) groups is 1. The number of ether oxygens (including phenoxy) is 1. The molecule has 0 saturated heterocycles. The van der Waals surface area contributed by atoms with Crippen molar-refractivity contribution in [1.82, 2.24) is 5.32 Å². The molecule has 2 N–H and O–H groups in total. The number of benzene rings is 1. The van der Waals surface area contributed by atoms with Crippen LogP contribution in [0.3, 0.4) is 0 Å². The minimum absolute atomic E-state index is 0.0634. The molecule has 4 bridgehead atoms. The molecule has 0 aromatic heterocycles. The van der Waals surface area contributed by atoms with Crippen molar-refractivity contribution in [3.8, 4) is 5.75 Å². The van der Waals surface area contributed by atoms with Crippen LogP contribution in [0.15, 0.2) is 18.2 Å². The van der Waals surface area contributed by atoms with E-state index in [1.165, 1.54) is 63.8 Å². The highest BCUT2D eigenvalue weighted by atomic mass is 16.6. The molecule has 0 heterocycles. The molecule has 4 aliphatic carbocycles. The Bertz CT molecular complexity index is 698. The summed E-state index contributed by atoms with van der Waals surface area (Å²) >= 11 is 0. The number of non-ortho nitro benzene ring substituents is 1. The van der Waals surface area contributed by atoms with Gasteiger partial charge in [0.15, 0.2) is 0 Å². The van der Waals surface area contributed by atoms with E-state index in [9.17, 15) is 14.9 Å². The number of methoxy groups -OCH3 is 1. The molecule has 0 aliphatic heterocycles. The molecule has 4 fully saturated rings. The monoisotopic (exact) mass is 359 g/mol. The quantitative estimate of drug-likeness (QED) is 0.601. The van der Waals surface area contributed by atoms with Crippen molar-refractivity contribution in [2.45, 2.75) is 44.1 Å². The van der Waals surface area contributed by atoms with Crippen LogP contribution >= 0.6 is 0 Å². The van der Waals surface area contributed by atoms with Crippen LogP contribution in [0.5, 0.6) is 5.75 Å². The predicted octanol–water partition coefficient (Wildman–Crippen LogP) is 3.10. The number of rotatable bonds is 6. The van der Waals surface area contributed by atoms with E-state index < -0.39 is 4.92 Å². The van der Waals surface area contributed by atoms with Gasteiger partial charge in [-0.15, -0.1) is 0 Å². The number of nitrogens with one attached hydrogen (secondary N) is 2. The average molecular weight is 359 g/mol. The first-order valence-electron chi connectivity index (χ1n) is 9.34. The number of anilines is 1. The second-order valence-electron chi connectivity index (χ2n) is 8.24. The predicted molar refractivity (Wildman–Crippen MR) is 97.2 cm³/mol. The third kappa shape index (κ3) is 3.28. The Kier molecular flexibility index (Phi) is 4.34. The zero-order valence-electron chi connectivity index (χ0n) is 15.0. The van der Waals surface area contributed by atoms with Crippen molar-refractivity contribution in [2.24, 2.45) is 17.8 Å². The van der Waals surface area contributed by atoms with Crippen LogP contribution in [0.25, 0.3) is 0 Å². The SMILES string of the molecule is COc1cc([N+](=O)[O-])ccc1NC(=O)CNC12CC3CC(CC(C3)C1)C2. The Balaban J connectivity index is 1.38. The summed E-state index contributed by atoms with van der Waals surface area (Å²) in [4.78, 5) is 22.8. The van der Waals surface area contributed by atoms with Gasteiger partial charge in [-0.3, -0.25) is 14.9 Å². The molecule has 0 radical (unpaired) electrons. The van der Waals surface area contributed by atoms with Crippen LogP contribution in [-0.4, -0.2) is 30.0 Å². The Morgan fingerprint density at radius 3 is 2.38 bits per heavy atom. The molecule has 140 valence electrons. The fourth-order valence-corrected chi connectivity index (χ4v) is 5.69. The van der Waals surface area contributed by atoms with E-state index in [4.69, 9.17) is 4.74 Å². The fraction of sp³-hybridized carbons (Fsp3) is 0.632. The van der Waals surface area contributed by atoms with Crippen LogP contribution in [0.1, 0.15) is 38.5 Å².